The highest BCUT2D eigenvalue weighted by atomic mass is 16.1. The highest BCUT2D eigenvalue weighted by Gasteiger charge is 2.29. The molecule has 1 aliphatic rings. The molecule has 0 spiro atoms. The maximum atomic E-state index is 11.9. The van der Waals surface area contributed by atoms with Crippen molar-refractivity contribution in [2.24, 2.45) is 0 Å². The maximum Gasteiger partial charge on any atom is 0.254 e. The number of hydrogen-bond acceptors (Lipinski definition) is 5. The molecule has 24 heavy (non-hydrogen) atoms. The summed E-state index contributed by atoms with van der Waals surface area (Å²) in [5.41, 5.74) is 3.58. The predicted molar refractivity (Wildman–Crippen MR) is 87.6 cm³/mol. The number of carbonyl (C=O) groups is 1. The first-order chi connectivity index (χ1) is 11.8. The summed E-state index contributed by atoms with van der Waals surface area (Å²) in [6.45, 7) is 2.66. The standard InChI is InChI=1S/C16H19N7O/c1-17-16(24)13-8-19-21-14(13)11-3-6-22(9-11)10-12-7-20-23-5-2-4-18-15(12)23/h2,4-5,7-8,11H,3,6,9-10H2,1H3,(H,17,24)(H,19,21)/t11-/m0/s1. The summed E-state index contributed by atoms with van der Waals surface area (Å²) in [4.78, 5) is 18.7. The monoisotopic (exact) mass is 325 g/mol. The van der Waals surface area contributed by atoms with Gasteiger partial charge in [-0.2, -0.15) is 10.2 Å². The van der Waals surface area contributed by atoms with Crippen LogP contribution in [0.2, 0.25) is 0 Å². The fourth-order valence-corrected chi connectivity index (χ4v) is 3.36. The molecule has 0 saturated carbocycles. The molecule has 0 radical (unpaired) electrons. The number of amides is 1. The molecule has 4 heterocycles. The van der Waals surface area contributed by atoms with Crippen molar-refractivity contribution in [3.63, 3.8) is 0 Å². The Balaban J connectivity index is 1.49. The second-order valence-electron chi connectivity index (χ2n) is 6.05. The highest BCUT2D eigenvalue weighted by molar-refractivity contribution is 5.95. The number of aromatic nitrogens is 5. The first-order valence-corrected chi connectivity index (χ1v) is 8.01. The van der Waals surface area contributed by atoms with Gasteiger partial charge in [0.2, 0.25) is 0 Å². The molecule has 3 aromatic heterocycles. The Labute approximate surface area is 138 Å². The van der Waals surface area contributed by atoms with Gasteiger partial charge in [0, 0.05) is 44.0 Å². The van der Waals surface area contributed by atoms with Gasteiger partial charge in [-0.15, -0.1) is 0 Å². The molecule has 2 N–H and O–H groups in total. The molecule has 1 amide bonds. The molecule has 0 aliphatic carbocycles. The fraction of sp³-hybridized carbons (Fsp3) is 0.375. The van der Waals surface area contributed by atoms with Crippen LogP contribution in [0.1, 0.15) is 34.0 Å². The van der Waals surface area contributed by atoms with Gasteiger partial charge in [0.15, 0.2) is 5.65 Å². The SMILES string of the molecule is CNC(=O)c1cn[nH]c1[C@H]1CCN(Cc2cnn3cccnc23)C1. The van der Waals surface area contributed by atoms with Crippen LogP contribution < -0.4 is 5.32 Å². The number of fused-ring (bicyclic) bond motifs is 1. The summed E-state index contributed by atoms with van der Waals surface area (Å²) in [7, 11) is 1.64. The van der Waals surface area contributed by atoms with E-state index in [2.05, 4.69) is 30.5 Å². The summed E-state index contributed by atoms with van der Waals surface area (Å²) in [5, 5.41) is 14.1. The normalized spacial score (nSPS) is 18.3. The largest absolute Gasteiger partial charge is 0.355 e. The first kappa shape index (κ1) is 14.8. The molecule has 124 valence electrons. The van der Waals surface area contributed by atoms with E-state index in [9.17, 15) is 4.79 Å². The van der Waals surface area contributed by atoms with Crippen LogP contribution in [0, 0.1) is 0 Å². The van der Waals surface area contributed by atoms with Crippen molar-refractivity contribution >= 4 is 11.6 Å². The molecule has 0 aromatic carbocycles. The van der Waals surface area contributed by atoms with Crippen LogP contribution in [-0.2, 0) is 6.54 Å². The molecule has 8 heteroatoms. The molecule has 1 fully saturated rings. The van der Waals surface area contributed by atoms with E-state index in [1.54, 1.807) is 24.0 Å². The molecule has 8 nitrogen and oxygen atoms in total. The van der Waals surface area contributed by atoms with Gasteiger partial charge in [0.1, 0.15) is 0 Å². The summed E-state index contributed by atoms with van der Waals surface area (Å²) < 4.78 is 1.79. The lowest BCUT2D eigenvalue weighted by molar-refractivity contribution is 0.0961. The molecule has 0 bridgehead atoms. The van der Waals surface area contributed by atoms with E-state index in [0.29, 0.717) is 5.56 Å². The van der Waals surface area contributed by atoms with Gasteiger partial charge in [-0.25, -0.2) is 9.50 Å². The van der Waals surface area contributed by atoms with Crippen molar-refractivity contribution in [3.8, 4) is 0 Å². The number of aromatic amines is 1. The van der Waals surface area contributed by atoms with E-state index in [-0.39, 0.29) is 11.8 Å². The number of likely N-dealkylation sites (tertiary alicyclic amines) is 1. The third-order valence-corrected chi connectivity index (χ3v) is 4.57. The van der Waals surface area contributed by atoms with E-state index in [1.165, 1.54) is 0 Å². The molecule has 0 unspecified atom stereocenters. The molecule has 4 rings (SSSR count). The van der Waals surface area contributed by atoms with Crippen molar-refractivity contribution in [1.29, 1.82) is 0 Å². The van der Waals surface area contributed by atoms with Crippen molar-refractivity contribution in [2.45, 2.75) is 18.9 Å². The number of nitrogens with zero attached hydrogens (tertiary/aromatic N) is 5. The van der Waals surface area contributed by atoms with Crippen LogP contribution >= 0.6 is 0 Å². The van der Waals surface area contributed by atoms with Crippen LogP contribution in [0.5, 0.6) is 0 Å². The van der Waals surface area contributed by atoms with Crippen LogP contribution in [0.3, 0.4) is 0 Å². The molecule has 1 atom stereocenters. The minimum absolute atomic E-state index is 0.0935. The van der Waals surface area contributed by atoms with Crippen molar-refractivity contribution in [3.05, 3.63) is 47.7 Å². The van der Waals surface area contributed by atoms with Gasteiger partial charge >= 0.3 is 0 Å². The van der Waals surface area contributed by atoms with E-state index in [1.807, 2.05) is 18.5 Å². The van der Waals surface area contributed by atoms with Crippen LogP contribution in [0.15, 0.2) is 30.9 Å². The quantitative estimate of drug-likeness (QED) is 0.740. The average Bonchev–Trinajstić information content (AvgIpc) is 3.34. The zero-order valence-electron chi connectivity index (χ0n) is 13.4. The van der Waals surface area contributed by atoms with Gasteiger partial charge < -0.3 is 5.32 Å². The van der Waals surface area contributed by atoms with Crippen molar-refractivity contribution < 1.29 is 4.79 Å². The number of H-pyrrole nitrogens is 1. The Bertz CT molecular complexity index is 868. The minimum atomic E-state index is -0.0935. The Hall–Kier alpha value is -2.74. The van der Waals surface area contributed by atoms with Gasteiger partial charge in [-0.05, 0) is 19.0 Å². The topological polar surface area (TPSA) is 91.2 Å². The van der Waals surface area contributed by atoms with Gasteiger partial charge in [0.25, 0.3) is 5.91 Å². The van der Waals surface area contributed by atoms with E-state index in [4.69, 9.17) is 0 Å². The first-order valence-electron chi connectivity index (χ1n) is 8.01. The number of carbonyl (C=O) groups excluding carboxylic acids is 1. The molecular formula is C16H19N7O. The smallest absolute Gasteiger partial charge is 0.254 e. The zero-order chi connectivity index (χ0) is 16.5. The summed E-state index contributed by atoms with van der Waals surface area (Å²) in [6, 6.07) is 1.87. The molecule has 1 saturated heterocycles. The number of hydrogen-bond donors (Lipinski definition) is 2. The number of nitrogens with one attached hydrogen (secondary N) is 2. The summed E-state index contributed by atoms with van der Waals surface area (Å²) >= 11 is 0. The van der Waals surface area contributed by atoms with E-state index < -0.39 is 0 Å². The van der Waals surface area contributed by atoms with E-state index in [0.717, 1.165) is 43.0 Å². The van der Waals surface area contributed by atoms with Crippen LogP contribution in [0.25, 0.3) is 5.65 Å². The Morgan fingerprint density at radius 3 is 3.25 bits per heavy atom. The van der Waals surface area contributed by atoms with Crippen molar-refractivity contribution in [2.75, 3.05) is 20.1 Å². The van der Waals surface area contributed by atoms with Gasteiger partial charge in [0.05, 0.1) is 23.7 Å². The Morgan fingerprint density at radius 2 is 2.38 bits per heavy atom. The van der Waals surface area contributed by atoms with Crippen LogP contribution in [-0.4, -0.2) is 55.7 Å². The third kappa shape index (κ3) is 2.54. The average molecular weight is 325 g/mol. The second-order valence-corrected chi connectivity index (χ2v) is 6.05. The summed E-state index contributed by atoms with van der Waals surface area (Å²) in [6.07, 6.45) is 8.17. The minimum Gasteiger partial charge on any atom is -0.355 e. The maximum absolute atomic E-state index is 11.9. The third-order valence-electron chi connectivity index (χ3n) is 4.57. The van der Waals surface area contributed by atoms with Gasteiger partial charge in [-0.1, -0.05) is 0 Å². The second kappa shape index (κ2) is 6.04. The molecule has 1 aliphatic heterocycles. The van der Waals surface area contributed by atoms with Crippen LogP contribution in [0.4, 0.5) is 0 Å². The Morgan fingerprint density at radius 1 is 1.46 bits per heavy atom. The van der Waals surface area contributed by atoms with Gasteiger partial charge in [-0.3, -0.25) is 14.8 Å². The predicted octanol–water partition coefficient (Wildman–Crippen LogP) is 0.801. The molecular weight excluding hydrogens is 306 g/mol. The zero-order valence-corrected chi connectivity index (χ0v) is 13.4. The molecule has 3 aromatic rings. The summed E-state index contributed by atoms with van der Waals surface area (Å²) in [5.74, 6) is 0.193. The van der Waals surface area contributed by atoms with E-state index >= 15 is 0 Å². The van der Waals surface area contributed by atoms with Crippen molar-refractivity contribution in [1.82, 2.24) is 35.0 Å². The lowest BCUT2D eigenvalue weighted by atomic mass is 10.0. The Kier molecular flexibility index (Phi) is 3.73. The fourth-order valence-electron chi connectivity index (χ4n) is 3.36. The highest BCUT2D eigenvalue weighted by Crippen LogP contribution is 2.29. The lowest BCUT2D eigenvalue weighted by Gasteiger charge is -2.15. The lowest BCUT2D eigenvalue weighted by Crippen LogP contribution is -2.22. The number of rotatable bonds is 4.